The van der Waals surface area contributed by atoms with Crippen molar-refractivity contribution in [2.45, 2.75) is 26.4 Å². The highest BCUT2D eigenvalue weighted by Gasteiger charge is 2.21. The van der Waals surface area contributed by atoms with Crippen molar-refractivity contribution in [1.29, 1.82) is 0 Å². The minimum atomic E-state index is -1.14. The molecule has 0 heterocycles. The maximum atomic E-state index is 11.8. The number of carbonyl (C=O) groups excluding carboxylic acids is 1. The highest BCUT2D eigenvalue weighted by Crippen LogP contribution is 2.19. The first-order valence-corrected chi connectivity index (χ1v) is 6.08. The first-order valence-electron chi connectivity index (χ1n) is 6.08. The lowest BCUT2D eigenvalue weighted by Gasteiger charge is -2.24. The quantitative estimate of drug-likeness (QED) is 0.712. The molecule has 1 aromatic carbocycles. The lowest BCUT2D eigenvalue weighted by atomic mass is 9.89. The molecule has 1 unspecified atom stereocenters. The number of benzene rings is 1. The molecule has 0 aliphatic heterocycles. The lowest BCUT2D eigenvalue weighted by Crippen LogP contribution is -2.37. The second kappa shape index (κ2) is 6.52. The van der Waals surface area contributed by atoms with Gasteiger partial charge < -0.3 is 15.5 Å². The van der Waals surface area contributed by atoms with Gasteiger partial charge in [-0.2, -0.15) is 0 Å². The SMILES string of the molecule is CC(C)(CCO)CNC(=O)C(O)c1ccccc1. The lowest BCUT2D eigenvalue weighted by molar-refractivity contribution is -0.130. The second-order valence-electron chi connectivity index (χ2n) is 5.17. The van der Waals surface area contributed by atoms with Gasteiger partial charge >= 0.3 is 0 Å². The van der Waals surface area contributed by atoms with Crippen LogP contribution in [0.15, 0.2) is 30.3 Å². The molecule has 3 N–H and O–H groups in total. The summed E-state index contributed by atoms with van der Waals surface area (Å²) in [5.74, 6) is -0.410. The van der Waals surface area contributed by atoms with Gasteiger partial charge in [0.05, 0.1) is 0 Å². The van der Waals surface area contributed by atoms with Crippen LogP contribution in [0.2, 0.25) is 0 Å². The molecule has 0 radical (unpaired) electrons. The molecule has 1 rings (SSSR count). The Hall–Kier alpha value is -1.39. The highest BCUT2D eigenvalue weighted by atomic mass is 16.3. The van der Waals surface area contributed by atoms with Gasteiger partial charge in [-0.1, -0.05) is 44.2 Å². The minimum absolute atomic E-state index is 0.0874. The summed E-state index contributed by atoms with van der Waals surface area (Å²) in [5, 5.41) is 21.5. The number of aliphatic hydroxyl groups excluding tert-OH is 2. The van der Waals surface area contributed by atoms with E-state index in [2.05, 4.69) is 5.32 Å². The first kappa shape index (κ1) is 14.7. The topological polar surface area (TPSA) is 69.6 Å². The molecule has 0 aliphatic rings. The molecule has 0 saturated heterocycles. The van der Waals surface area contributed by atoms with Gasteiger partial charge in [-0.3, -0.25) is 4.79 Å². The highest BCUT2D eigenvalue weighted by molar-refractivity contribution is 5.81. The monoisotopic (exact) mass is 251 g/mol. The van der Waals surface area contributed by atoms with Crippen molar-refractivity contribution < 1.29 is 15.0 Å². The fraction of sp³-hybridized carbons (Fsp3) is 0.500. The third kappa shape index (κ3) is 4.47. The number of hydrogen-bond donors (Lipinski definition) is 3. The Morgan fingerprint density at radius 3 is 2.50 bits per heavy atom. The number of carbonyl (C=O) groups is 1. The van der Waals surface area contributed by atoms with Crippen molar-refractivity contribution >= 4 is 5.91 Å². The maximum absolute atomic E-state index is 11.8. The molecule has 100 valence electrons. The van der Waals surface area contributed by atoms with Crippen molar-refractivity contribution in [2.75, 3.05) is 13.2 Å². The number of nitrogens with one attached hydrogen (secondary N) is 1. The Bertz CT molecular complexity index is 376. The van der Waals surface area contributed by atoms with Crippen LogP contribution < -0.4 is 5.32 Å². The van der Waals surface area contributed by atoms with E-state index in [0.717, 1.165) is 0 Å². The molecular formula is C14H21NO3. The molecule has 0 spiro atoms. The zero-order valence-electron chi connectivity index (χ0n) is 10.9. The minimum Gasteiger partial charge on any atom is -0.396 e. The first-order chi connectivity index (χ1) is 8.46. The van der Waals surface area contributed by atoms with Gasteiger partial charge in [0.2, 0.25) is 0 Å². The van der Waals surface area contributed by atoms with E-state index in [-0.39, 0.29) is 12.0 Å². The standard InChI is InChI=1S/C14H21NO3/c1-14(2,8-9-16)10-15-13(18)12(17)11-6-4-3-5-7-11/h3-7,12,16-17H,8-10H2,1-2H3,(H,15,18). The van der Waals surface area contributed by atoms with E-state index in [1.807, 2.05) is 19.9 Å². The molecule has 1 atom stereocenters. The Morgan fingerprint density at radius 2 is 1.94 bits per heavy atom. The summed E-state index contributed by atoms with van der Waals surface area (Å²) < 4.78 is 0. The Kier molecular flexibility index (Phi) is 5.31. The van der Waals surface area contributed by atoms with E-state index in [1.54, 1.807) is 24.3 Å². The summed E-state index contributed by atoms with van der Waals surface area (Å²) in [6.07, 6.45) is -0.537. The average Bonchev–Trinajstić information content (AvgIpc) is 2.36. The molecule has 0 fully saturated rings. The maximum Gasteiger partial charge on any atom is 0.253 e. The Morgan fingerprint density at radius 1 is 1.33 bits per heavy atom. The van der Waals surface area contributed by atoms with Gasteiger partial charge in [-0.25, -0.2) is 0 Å². The van der Waals surface area contributed by atoms with Crippen molar-refractivity contribution in [3.05, 3.63) is 35.9 Å². The summed E-state index contributed by atoms with van der Waals surface area (Å²) in [4.78, 5) is 11.8. The summed E-state index contributed by atoms with van der Waals surface area (Å²) in [6.45, 7) is 4.43. The van der Waals surface area contributed by atoms with Crippen molar-refractivity contribution in [3.63, 3.8) is 0 Å². The summed E-state index contributed by atoms with van der Waals surface area (Å²) in [7, 11) is 0. The van der Waals surface area contributed by atoms with Crippen molar-refractivity contribution in [2.24, 2.45) is 5.41 Å². The van der Waals surface area contributed by atoms with Crippen LogP contribution in [-0.4, -0.2) is 29.3 Å². The largest absolute Gasteiger partial charge is 0.396 e. The van der Waals surface area contributed by atoms with Crippen LogP contribution in [-0.2, 0) is 4.79 Å². The fourth-order valence-corrected chi connectivity index (χ4v) is 1.60. The molecule has 1 aromatic rings. The number of amides is 1. The summed E-state index contributed by atoms with van der Waals surface area (Å²) >= 11 is 0. The van der Waals surface area contributed by atoms with Crippen LogP contribution in [0.4, 0.5) is 0 Å². The smallest absolute Gasteiger partial charge is 0.253 e. The molecule has 1 amide bonds. The van der Waals surface area contributed by atoms with Gasteiger partial charge in [-0.15, -0.1) is 0 Å². The van der Waals surface area contributed by atoms with E-state index in [4.69, 9.17) is 5.11 Å². The van der Waals surface area contributed by atoms with Crippen LogP contribution in [0, 0.1) is 5.41 Å². The van der Waals surface area contributed by atoms with Crippen LogP contribution >= 0.6 is 0 Å². The van der Waals surface area contributed by atoms with E-state index in [9.17, 15) is 9.90 Å². The molecule has 0 aliphatic carbocycles. The molecular weight excluding hydrogens is 230 g/mol. The third-order valence-corrected chi connectivity index (χ3v) is 2.89. The molecule has 4 heteroatoms. The summed E-state index contributed by atoms with van der Waals surface area (Å²) in [6, 6.07) is 8.81. The zero-order chi connectivity index (χ0) is 13.6. The van der Waals surface area contributed by atoms with E-state index < -0.39 is 12.0 Å². The summed E-state index contributed by atoms with van der Waals surface area (Å²) in [5.41, 5.74) is 0.399. The Labute approximate surface area is 108 Å². The zero-order valence-corrected chi connectivity index (χ0v) is 10.9. The van der Waals surface area contributed by atoms with Crippen LogP contribution in [0.1, 0.15) is 31.9 Å². The second-order valence-corrected chi connectivity index (χ2v) is 5.17. The molecule has 18 heavy (non-hydrogen) atoms. The molecule has 0 aromatic heterocycles. The van der Waals surface area contributed by atoms with E-state index >= 15 is 0 Å². The predicted molar refractivity (Wildman–Crippen MR) is 69.9 cm³/mol. The average molecular weight is 251 g/mol. The predicted octanol–water partition coefficient (Wildman–Crippen LogP) is 1.24. The van der Waals surface area contributed by atoms with Gasteiger partial charge in [0, 0.05) is 13.2 Å². The van der Waals surface area contributed by atoms with Crippen LogP contribution in [0.5, 0.6) is 0 Å². The van der Waals surface area contributed by atoms with Crippen LogP contribution in [0.25, 0.3) is 0 Å². The fourth-order valence-electron chi connectivity index (χ4n) is 1.60. The number of hydrogen-bond acceptors (Lipinski definition) is 3. The van der Waals surface area contributed by atoms with Gasteiger partial charge in [0.1, 0.15) is 0 Å². The van der Waals surface area contributed by atoms with Crippen molar-refractivity contribution in [1.82, 2.24) is 5.32 Å². The van der Waals surface area contributed by atoms with E-state index in [1.165, 1.54) is 0 Å². The number of aliphatic hydroxyl groups is 2. The van der Waals surface area contributed by atoms with E-state index in [0.29, 0.717) is 18.5 Å². The molecule has 4 nitrogen and oxygen atoms in total. The van der Waals surface area contributed by atoms with Crippen molar-refractivity contribution in [3.8, 4) is 0 Å². The van der Waals surface area contributed by atoms with Gasteiger partial charge in [0.25, 0.3) is 5.91 Å². The van der Waals surface area contributed by atoms with Gasteiger partial charge in [-0.05, 0) is 17.4 Å². The molecule has 0 saturated carbocycles. The van der Waals surface area contributed by atoms with Crippen LogP contribution in [0.3, 0.4) is 0 Å². The molecule has 0 bridgehead atoms. The Balaban J connectivity index is 2.51. The van der Waals surface area contributed by atoms with Gasteiger partial charge in [0.15, 0.2) is 6.10 Å². The normalized spacial score (nSPS) is 13.1. The number of rotatable bonds is 6. The third-order valence-electron chi connectivity index (χ3n) is 2.89.